The van der Waals surface area contributed by atoms with Crippen molar-refractivity contribution in [3.05, 3.63) is 35.9 Å². The Kier molecular flexibility index (Phi) is 6.64. The molecule has 23 heavy (non-hydrogen) atoms. The fraction of sp³-hybridized carbons (Fsp3) is 0.650. The Morgan fingerprint density at radius 2 is 1.78 bits per heavy atom. The zero-order valence-electron chi connectivity index (χ0n) is 14.9. The maximum Gasteiger partial charge on any atom is 0.309 e. The molecule has 0 atom stereocenters. The van der Waals surface area contributed by atoms with Crippen LogP contribution in [0.2, 0.25) is 0 Å². The highest BCUT2D eigenvalue weighted by atomic mass is 16.6. The van der Waals surface area contributed by atoms with Crippen molar-refractivity contribution >= 4 is 5.97 Å². The molecule has 128 valence electrons. The molecule has 1 heterocycles. The van der Waals surface area contributed by atoms with Gasteiger partial charge in [0, 0.05) is 0 Å². The normalized spacial score (nSPS) is 17.2. The first-order valence-electron chi connectivity index (χ1n) is 8.93. The summed E-state index contributed by atoms with van der Waals surface area (Å²) in [5.41, 5.74) is 1.06. The lowest BCUT2D eigenvalue weighted by Gasteiger charge is -2.32. The van der Waals surface area contributed by atoms with Crippen LogP contribution in [-0.2, 0) is 16.0 Å². The number of unbranched alkanes of at least 4 members (excludes halogenated alkanes) is 1. The van der Waals surface area contributed by atoms with Crippen molar-refractivity contribution in [2.24, 2.45) is 5.92 Å². The summed E-state index contributed by atoms with van der Waals surface area (Å²) in [6.07, 6.45) is 5.50. The third kappa shape index (κ3) is 6.74. The molecule has 0 spiro atoms. The van der Waals surface area contributed by atoms with Crippen LogP contribution in [0.15, 0.2) is 30.3 Å². The molecule has 1 aliphatic rings. The lowest BCUT2D eigenvalue weighted by atomic mass is 9.96. The van der Waals surface area contributed by atoms with Crippen LogP contribution in [0.1, 0.15) is 52.0 Å². The number of hydrogen-bond donors (Lipinski definition) is 0. The second-order valence-corrected chi connectivity index (χ2v) is 7.59. The summed E-state index contributed by atoms with van der Waals surface area (Å²) in [5, 5.41) is 0. The highest BCUT2D eigenvalue weighted by Gasteiger charge is 2.28. The smallest absolute Gasteiger partial charge is 0.309 e. The fourth-order valence-corrected chi connectivity index (χ4v) is 3.09. The lowest BCUT2D eigenvalue weighted by molar-refractivity contribution is -0.161. The summed E-state index contributed by atoms with van der Waals surface area (Å²) >= 11 is 0. The van der Waals surface area contributed by atoms with Crippen LogP contribution < -0.4 is 0 Å². The highest BCUT2D eigenvalue weighted by molar-refractivity contribution is 5.73. The van der Waals surface area contributed by atoms with E-state index in [2.05, 4.69) is 35.2 Å². The molecule has 0 saturated carbocycles. The van der Waals surface area contributed by atoms with Crippen molar-refractivity contribution in [3.63, 3.8) is 0 Å². The lowest BCUT2D eigenvalue weighted by Crippen LogP contribution is -2.39. The van der Waals surface area contributed by atoms with Gasteiger partial charge in [0.2, 0.25) is 0 Å². The fourth-order valence-electron chi connectivity index (χ4n) is 3.09. The molecule has 3 heteroatoms. The summed E-state index contributed by atoms with van der Waals surface area (Å²) in [6.45, 7) is 9.00. The molecule has 0 radical (unpaired) electrons. The number of carbonyl (C=O) groups excluding carboxylic acids is 1. The SMILES string of the molecule is CC(C)(C)OC(=O)C1CCN(CCCCc2ccccc2)CC1. The Morgan fingerprint density at radius 3 is 2.39 bits per heavy atom. The monoisotopic (exact) mass is 317 g/mol. The van der Waals surface area contributed by atoms with E-state index in [-0.39, 0.29) is 17.5 Å². The summed E-state index contributed by atoms with van der Waals surface area (Å²) in [4.78, 5) is 14.6. The number of likely N-dealkylation sites (tertiary alicyclic amines) is 1. The van der Waals surface area contributed by atoms with E-state index in [1.807, 2.05) is 20.8 Å². The average molecular weight is 317 g/mol. The molecule has 1 aromatic rings. The van der Waals surface area contributed by atoms with Gasteiger partial charge in [0.05, 0.1) is 5.92 Å². The molecule has 0 unspecified atom stereocenters. The van der Waals surface area contributed by atoms with Crippen molar-refractivity contribution in [2.75, 3.05) is 19.6 Å². The van der Waals surface area contributed by atoms with E-state index in [1.54, 1.807) is 0 Å². The molecule has 3 nitrogen and oxygen atoms in total. The molecule has 0 bridgehead atoms. The Morgan fingerprint density at radius 1 is 1.13 bits per heavy atom. The molecule has 0 amide bonds. The average Bonchev–Trinajstić information content (AvgIpc) is 2.51. The quantitative estimate of drug-likeness (QED) is 0.585. The number of benzene rings is 1. The highest BCUT2D eigenvalue weighted by Crippen LogP contribution is 2.21. The number of aryl methyl sites for hydroxylation is 1. The van der Waals surface area contributed by atoms with Gasteiger partial charge in [0.1, 0.15) is 5.60 Å². The van der Waals surface area contributed by atoms with Gasteiger partial charge in [-0.05, 0) is 78.1 Å². The van der Waals surface area contributed by atoms with E-state index in [0.717, 1.165) is 38.9 Å². The number of nitrogens with zero attached hydrogens (tertiary/aromatic N) is 1. The second-order valence-electron chi connectivity index (χ2n) is 7.59. The third-order valence-corrected chi connectivity index (χ3v) is 4.36. The van der Waals surface area contributed by atoms with Gasteiger partial charge in [0.25, 0.3) is 0 Å². The topological polar surface area (TPSA) is 29.5 Å². The molecular formula is C20H31NO2. The summed E-state index contributed by atoms with van der Waals surface area (Å²) in [7, 11) is 0. The summed E-state index contributed by atoms with van der Waals surface area (Å²) in [5.74, 6) is 0.0796. The minimum Gasteiger partial charge on any atom is -0.460 e. The van der Waals surface area contributed by atoms with E-state index in [9.17, 15) is 4.79 Å². The minimum atomic E-state index is -0.369. The van der Waals surface area contributed by atoms with E-state index in [4.69, 9.17) is 4.74 Å². The van der Waals surface area contributed by atoms with Crippen LogP contribution >= 0.6 is 0 Å². The van der Waals surface area contributed by atoms with Gasteiger partial charge >= 0.3 is 5.97 Å². The van der Waals surface area contributed by atoms with Gasteiger partial charge in [-0.15, -0.1) is 0 Å². The summed E-state index contributed by atoms with van der Waals surface area (Å²) < 4.78 is 5.50. The van der Waals surface area contributed by atoms with Gasteiger partial charge in [-0.3, -0.25) is 4.79 Å². The first-order chi connectivity index (χ1) is 10.9. The molecule has 1 aliphatic heterocycles. The zero-order valence-corrected chi connectivity index (χ0v) is 14.9. The zero-order chi connectivity index (χ0) is 16.7. The minimum absolute atomic E-state index is 0.0128. The number of rotatable bonds is 6. The Balaban J connectivity index is 1.60. The molecule has 0 N–H and O–H groups in total. The van der Waals surface area contributed by atoms with E-state index >= 15 is 0 Å². The van der Waals surface area contributed by atoms with Gasteiger partial charge in [-0.2, -0.15) is 0 Å². The molecule has 1 saturated heterocycles. The van der Waals surface area contributed by atoms with Crippen LogP contribution in [-0.4, -0.2) is 36.1 Å². The molecule has 0 aromatic heterocycles. The van der Waals surface area contributed by atoms with Gasteiger partial charge in [-0.25, -0.2) is 0 Å². The number of piperidine rings is 1. The third-order valence-electron chi connectivity index (χ3n) is 4.36. The van der Waals surface area contributed by atoms with E-state index in [0.29, 0.717) is 0 Å². The van der Waals surface area contributed by atoms with Gasteiger partial charge in [-0.1, -0.05) is 30.3 Å². The predicted molar refractivity (Wildman–Crippen MR) is 94.4 cm³/mol. The molecular weight excluding hydrogens is 286 g/mol. The van der Waals surface area contributed by atoms with Crippen LogP contribution in [0.25, 0.3) is 0 Å². The first kappa shape index (κ1) is 18.0. The molecule has 2 rings (SSSR count). The summed E-state index contributed by atoms with van der Waals surface area (Å²) in [6, 6.07) is 10.7. The van der Waals surface area contributed by atoms with Crippen LogP contribution in [0.3, 0.4) is 0 Å². The van der Waals surface area contributed by atoms with E-state index < -0.39 is 0 Å². The molecule has 1 aromatic carbocycles. The Labute approximate surface area is 141 Å². The van der Waals surface area contributed by atoms with Crippen molar-refractivity contribution in [3.8, 4) is 0 Å². The van der Waals surface area contributed by atoms with Crippen molar-refractivity contribution in [1.29, 1.82) is 0 Å². The largest absolute Gasteiger partial charge is 0.460 e. The number of esters is 1. The number of carbonyl (C=O) groups is 1. The van der Waals surface area contributed by atoms with Crippen LogP contribution in [0, 0.1) is 5.92 Å². The standard InChI is InChI=1S/C20H31NO2/c1-20(2,3)23-19(22)18-12-15-21(16-13-18)14-8-7-11-17-9-5-4-6-10-17/h4-6,9-10,18H,7-8,11-16H2,1-3H3. The van der Waals surface area contributed by atoms with Crippen molar-refractivity contribution < 1.29 is 9.53 Å². The number of hydrogen-bond acceptors (Lipinski definition) is 3. The molecule has 1 fully saturated rings. The first-order valence-corrected chi connectivity index (χ1v) is 8.93. The van der Waals surface area contributed by atoms with Crippen molar-refractivity contribution in [2.45, 2.75) is 58.5 Å². The molecule has 0 aliphatic carbocycles. The maximum absolute atomic E-state index is 12.1. The Bertz CT molecular complexity index is 470. The number of ether oxygens (including phenoxy) is 1. The van der Waals surface area contributed by atoms with E-state index in [1.165, 1.54) is 18.4 Å². The van der Waals surface area contributed by atoms with Gasteiger partial charge < -0.3 is 9.64 Å². The second kappa shape index (κ2) is 8.49. The Hall–Kier alpha value is -1.35. The maximum atomic E-state index is 12.1. The van der Waals surface area contributed by atoms with Crippen molar-refractivity contribution in [1.82, 2.24) is 4.90 Å². The predicted octanol–water partition coefficient (Wildman–Crippen LogP) is 4.06. The van der Waals surface area contributed by atoms with Gasteiger partial charge in [0.15, 0.2) is 0 Å². The van der Waals surface area contributed by atoms with Crippen LogP contribution in [0.5, 0.6) is 0 Å². The van der Waals surface area contributed by atoms with Crippen LogP contribution in [0.4, 0.5) is 0 Å².